The number of nitrogens with one attached hydrogen (secondary N) is 1. The molecule has 0 aliphatic carbocycles. The Morgan fingerprint density at radius 3 is 2.74 bits per heavy atom. The molecule has 6 heteroatoms. The largest absolute Gasteiger partial charge is 0.465 e. The third-order valence-corrected chi connectivity index (χ3v) is 3.09. The van der Waals surface area contributed by atoms with E-state index in [2.05, 4.69) is 10.1 Å². The molecule has 0 aromatic heterocycles. The molecule has 1 aromatic rings. The number of carbonyl (C=O) groups is 1. The standard InChI is InChI=1S/C13H13FN2O2S/c1-8-4-5-9(14)6-11(8)16-12(19-3)10(7-15)13(17)18-2/h4-6,16H,1-3H3. The van der Waals surface area contributed by atoms with Crippen LogP contribution in [0, 0.1) is 24.1 Å². The summed E-state index contributed by atoms with van der Waals surface area (Å²) in [5.41, 5.74) is 1.16. The van der Waals surface area contributed by atoms with Gasteiger partial charge in [-0.2, -0.15) is 5.26 Å². The van der Waals surface area contributed by atoms with Crippen LogP contribution in [-0.2, 0) is 9.53 Å². The highest BCUT2D eigenvalue weighted by atomic mass is 32.2. The number of aryl methyl sites for hydroxylation is 1. The fraction of sp³-hybridized carbons (Fsp3) is 0.231. The molecule has 0 saturated heterocycles. The zero-order chi connectivity index (χ0) is 14.4. The van der Waals surface area contributed by atoms with Crippen LogP contribution < -0.4 is 5.32 Å². The Balaban J connectivity index is 3.19. The van der Waals surface area contributed by atoms with E-state index in [9.17, 15) is 9.18 Å². The van der Waals surface area contributed by atoms with Gasteiger partial charge in [-0.05, 0) is 30.9 Å². The van der Waals surface area contributed by atoms with Crippen LogP contribution in [0.3, 0.4) is 0 Å². The van der Waals surface area contributed by atoms with Gasteiger partial charge in [0.25, 0.3) is 0 Å². The van der Waals surface area contributed by atoms with E-state index < -0.39 is 11.8 Å². The Morgan fingerprint density at radius 2 is 2.21 bits per heavy atom. The van der Waals surface area contributed by atoms with Crippen LogP contribution in [0.25, 0.3) is 0 Å². The zero-order valence-electron chi connectivity index (χ0n) is 10.8. The van der Waals surface area contributed by atoms with Crippen molar-refractivity contribution < 1.29 is 13.9 Å². The van der Waals surface area contributed by atoms with Crippen molar-refractivity contribution in [2.45, 2.75) is 6.92 Å². The topological polar surface area (TPSA) is 62.1 Å². The lowest BCUT2D eigenvalue weighted by atomic mass is 10.2. The minimum absolute atomic E-state index is 0.140. The molecule has 1 N–H and O–H groups in total. The molecule has 0 heterocycles. The molecule has 0 atom stereocenters. The van der Waals surface area contributed by atoms with E-state index in [0.29, 0.717) is 10.7 Å². The predicted molar refractivity (Wildman–Crippen MR) is 72.9 cm³/mol. The van der Waals surface area contributed by atoms with Crippen LogP contribution in [0.5, 0.6) is 0 Å². The summed E-state index contributed by atoms with van der Waals surface area (Å²) in [6.45, 7) is 1.80. The molecule has 19 heavy (non-hydrogen) atoms. The molecule has 0 fully saturated rings. The maximum absolute atomic E-state index is 13.2. The number of esters is 1. The number of hydrogen-bond donors (Lipinski definition) is 1. The highest BCUT2D eigenvalue weighted by Gasteiger charge is 2.16. The molecule has 0 aliphatic rings. The van der Waals surface area contributed by atoms with E-state index in [1.807, 2.05) is 0 Å². The van der Waals surface area contributed by atoms with Crippen molar-refractivity contribution in [3.63, 3.8) is 0 Å². The second-order valence-electron chi connectivity index (χ2n) is 3.60. The summed E-state index contributed by atoms with van der Waals surface area (Å²) < 4.78 is 17.7. The van der Waals surface area contributed by atoms with Crippen molar-refractivity contribution in [2.75, 3.05) is 18.7 Å². The molecular weight excluding hydrogens is 267 g/mol. The monoisotopic (exact) mass is 280 g/mol. The van der Waals surface area contributed by atoms with E-state index in [1.54, 1.807) is 25.3 Å². The highest BCUT2D eigenvalue weighted by Crippen LogP contribution is 2.24. The first-order valence-corrected chi connectivity index (χ1v) is 6.55. The van der Waals surface area contributed by atoms with Gasteiger partial charge < -0.3 is 10.1 Å². The Morgan fingerprint density at radius 1 is 1.53 bits per heavy atom. The summed E-state index contributed by atoms with van der Waals surface area (Å²) in [5, 5.41) is 12.2. The second kappa shape index (κ2) is 6.81. The molecule has 0 aliphatic heterocycles. The van der Waals surface area contributed by atoms with Crippen LogP contribution in [0.4, 0.5) is 10.1 Å². The molecule has 0 spiro atoms. The lowest BCUT2D eigenvalue weighted by Crippen LogP contribution is -2.10. The first-order chi connectivity index (χ1) is 9.03. The molecule has 0 bridgehead atoms. The minimum Gasteiger partial charge on any atom is -0.465 e. The van der Waals surface area contributed by atoms with Crippen molar-refractivity contribution in [3.8, 4) is 6.07 Å². The number of ether oxygens (including phenoxy) is 1. The molecule has 0 radical (unpaired) electrons. The predicted octanol–water partition coefficient (Wildman–Crippen LogP) is 2.82. The summed E-state index contributed by atoms with van der Waals surface area (Å²) in [6, 6.07) is 6.04. The van der Waals surface area contributed by atoms with E-state index >= 15 is 0 Å². The van der Waals surface area contributed by atoms with Crippen molar-refractivity contribution >= 4 is 23.4 Å². The Kier molecular flexibility index (Phi) is 5.39. The van der Waals surface area contributed by atoms with E-state index in [1.165, 1.54) is 31.0 Å². The highest BCUT2D eigenvalue weighted by molar-refractivity contribution is 8.02. The molecule has 1 rings (SSSR count). The van der Waals surface area contributed by atoms with Gasteiger partial charge in [-0.3, -0.25) is 0 Å². The molecule has 0 unspecified atom stereocenters. The summed E-state index contributed by atoms with van der Waals surface area (Å²) in [5.74, 6) is -1.13. The van der Waals surface area contributed by atoms with E-state index in [0.717, 1.165) is 5.56 Å². The van der Waals surface area contributed by atoms with Crippen molar-refractivity contribution in [1.29, 1.82) is 5.26 Å². The lowest BCUT2D eigenvalue weighted by Gasteiger charge is -2.12. The quantitative estimate of drug-likeness (QED) is 0.522. The zero-order valence-corrected chi connectivity index (χ0v) is 11.6. The fourth-order valence-electron chi connectivity index (χ4n) is 1.36. The number of nitrogens with zero attached hydrogens (tertiary/aromatic N) is 1. The number of thioether (sulfide) groups is 1. The number of carbonyl (C=O) groups excluding carboxylic acids is 1. The molecule has 4 nitrogen and oxygen atoms in total. The molecule has 1 aromatic carbocycles. The number of halogens is 1. The van der Waals surface area contributed by atoms with E-state index in [-0.39, 0.29) is 5.57 Å². The number of methoxy groups -OCH3 is 1. The smallest absolute Gasteiger partial charge is 0.351 e. The van der Waals surface area contributed by atoms with Crippen LogP contribution in [-0.4, -0.2) is 19.3 Å². The summed E-state index contributed by atoms with van der Waals surface area (Å²) in [4.78, 5) is 11.5. The van der Waals surface area contributed by atoms with Gasteiger partial charge in [0.05, 0.1) is 12.1 Å². The van der Waals surface area contributed by atoms with Crippen LogP contribution >= 0.6 is 11.8 Å². The lowest BCUT2D eigenvalue weighted by molar-refractivity contribution is -0.135. The maximum atomic E-state index is 13.2. The summed E-state index contributed by atoms with van der Waals surface area (Å²) >= 11 is 1.18. The SMILES string of the molecule is COC(=O)C(C#N)=C(Nc1cc(F)ccc1C)SC. The normalized spacial score (nSPS) is 11.3. The number of hydrogen-bond acceptors (Lipinski definition) is 5. The number of rotatable bonds is 4. The maximum Gasteiger partial charge on any atom is 0.351 e. The van der Waals surface area contributed by atoms with Gasteiger partial charge in [0.1, 0.15) is 11.9 Å². The van der Waals surface area contributed by atoms with Crippen LogP contribution in [0.1, 0.15) is 5.56 Å². The summed E-state index contributed by atoms with van der Waals surface area (Å²) in [6.07, 6.45) is 1.71. The van der Waals surface area contributed by atoms with Gasteiger partial charge in [0.15, 0.2) is 5.57 Å². The number of anilines is 1. The summed E-state index contributed by atoms with van der Waals surface area (Å²) in [7, 11) is 1.20. The second-order valence-corrected chi connectivity index (χ2v) is 4.41. The third kappa shape index (κ3) is 3.73. The third-order valence-electron chi connectivity index (χ3n) is 2.38. The first kappa shape index (κ1) is 15.1. The van der Waals surface area contributed by atoms with Crippen LogP contribution in [0.2, 0.25) is 0 Å². The minimum atomic E-state index is -0.728. The van der Waals surface area contributed by atoms with E-state index in [4.69, 9.17) is 5.26 Å². The van der Waals surface area contributed by atoms with Gasteiger partial charge in [-0.15, -0.1) is 11.8 Å². The average Bonchev–Trinajstić information content (AvgIpc) is 2.41. The van der Waals surface area contributed by atoms with Gasteiger partial charge >= 0.3 is 5.97 Å². The van der Waals surface area contributed by atoms with Crippen LogP contribution in [0.15, 0.2) is 28.8 Å². The Bertz CT molecular complexity index is 564. The first-order valence-electron chi connectivity index (χ1n) is 5.33. The Hall–Kier alpha value is -2.00. The van der Waals surface area contributed by atoms with Crippen molar-refractivity contribution in [3.05, 3.63) is 40.2 Å². The van der Waals surface area contributed by atoms with Gasteiger partial charge in [-0.25, -0.2) is 9.18 Å². The molecule has 0 saturated carbocycles. The van der Waals surface area contributed by atoms with Crippen molar-refractivity contribution in [1.82, 2.24) is 0 Å². The number of nitriles is 1. The Labute approximate surface area is 115 Å². The van der Waals surface area contributed by atoms with Gasteiger partial charge in [-0.1, -0.05) is 6.07 Å². The number of benzene rings is 1. The van der Waals surface area contributed by atoms with Gasteiger partial charge in [0.2, 0.25) is 0 Å². The van der Waals surface area contributed by atoms with Crippen molar-refractivity contribution in [2.24, 2.45) is 0 Å². The average molecular weight is 280 g/mol. The molecular formula is C13H13FN2O2S. The molecule has 100 valence electrons. The van der Waals surface area contributed by atoms with Gasteiger partial charge in [0, 0.05) is 5.69 Å². The fourth-order valence-corrected chi connectivity index (χ4v) is 1.90. The molecule has 0 amide bonds.